The van der Waals surface area contributed by atoms with Crippen LogP contribution in [0.25, 0.3) is 0 Å². The Bertz CT molecular complexity index is 1210. The lowest BCUT2D eigenvalue weighted by Gasteiger charge is -2.10. The van der Waals surface area contributed by atoms with Gasteiger partial charge in [0.25, 0.3) is 0 Å². The molecule has 0 saturated heterocycles. The Balaban J connectivity index is 1.17. The molecule has 6 nitrogen and oxygen atoms in total. The minimum Gasteiger partial charge on any atom is -0.493 e. The predicted octanol–water partition coefficient (Wildman–Crippen LogP) is 6.29. The lowest BCUT2D eigenvalue weighted by atomic mass is 10.2. The van der Waals surface area contributed by atoms with E-state index in [0.29, 0.717) is 36.1 Å². The van der Waals surface area contributed by atoms with E-state index in [9.17, 15) is 9.59 Å². The van der Waals surface area contributed by atoms with E-state index in [2.05, 4.69) is 34.9 Å². The van der Waals surface area contributed by atoms with Gasteiger partial charge in [-0.15, -0.1) is 0 Å². The molecule has 0 bridgehead atoms. The lowest BCUT2D eigenvalue weighted by molar-refractivity contribution is -0.121. The molecule has 194 valence electrons. The van der Waals surface area contributed by atoms with Crippen molar-refractivity contribution in [1.82, 2.24) is 0 Å². The molecule has 0 atom stereocenters. The average Bonchev–Trinajstić information content (AvgIpc) is 2.94. The van der Waals surface area contributed by atoms with E-state index in [1.807, 2.05) is 60.7 Å². The molecule has 4 aromatic carbocycles. The summed E-state index contributed by atoms with van der Waals surface area (Å²) in [7, 11) is 0. The maximum absolute atomic E-state index is 12.4. The molecule has 0 radical (unpaired) electrons. The molecule has 0 saturated carbocycles. The number of amides is 2. The summed E-state index contributed by atoms with van der Waals surface area (Å²) in [6.07, 6.45) is 1.74. The van der Waals surface area contributed by atoms with Crippen LogP contribution in [-0.2, 0) is 22.4 Å². The number of rotatable bonds is 13. The van der Waals surface area contributed by atoms with Gasteiger partial charge >= 0.3 is 0 Å². The number of carbonyl (C=O) groups excluding carboxylic acids is 2. The van der Waals surface area contributed by atoms with Gasteiger partial charge in [-0.2, -0.15) is 0 Å². The van der Waals surface area contributed by atoms with Gasteiger partial charge in [-0.1, -0.05) is 72.8 Å². The number of hydrogen-bond acceptors (Lipinski definition) is 4. The van der Waals surface area contributed by atoms with Crippen molar-refractivity contribution >= 4 is 23.2 Å². The maximum Gasteiger partial charge on any atom is 0.224 e. The van der Waals surface area contributed by atoms with Crippen molar-refractivity contribution < 1.29 is 19.1 Å². The number of hydrogen-bond donors (Lipinski definition) is 2. The monoisotopic (exact) mass is 508 g/mol. The second-order valence-electron chi connectivity index (χ2n) is 8.82. The van der Waals surface area contributed by atoms with E-state index in [1.165, 1.54) is 11.1 Å². The van der Waals surface area contributed by atoms with Crippen LogP contribution >= 0.6 is 0 Å². The molecule has 0 spiro atoms. The van der Waals surface area contributed by atoms with E-state index in [4.69, 9.17) is 9.47 Å². The highest BCUT2D eigenvalue weighted by molar-refractivity contribution is 5.96. The molecule has 0 fully saturated rings. The topological polar surface area (TPSA) is 76.7 Å². The normalized spacial score (nSPS) is 10.4. The summed E-state index contributed by atoms with van der Waals surface area (Å²) in [4.78, 5) is 24.8. The molecule has 0 aliphatic carbocycles. The van der Waals surface area contributed by atoms with Gasteiger partial charge in [0.05, 0.1) is 13.2 Å². The molecule has 6 heteroatoms. The minimum absolute atomic E-state index is 0.0677. The second-order valence-corrected chi connectivity index (χ2v) is 8.82. The standard InChI is InChI=1S/C32H32N2O4/c35-31(33-27-13-7-15-29(23-27)37-21-19-25-9-3-1-4-10-25)17-18-32(36)34-28-14-8-16-30(24-28)38-22-20-26-11-5-2-6-12-26/h1-16,23-24H,17-22H2,(H,33,35)(H,34,36). The first-order chi connectivity index (χ1) is 18.6. The van der Waals surface area contributed by atoms with Crippen molar-refractivity contribution in [3.8, 4) is 11.5 Å². The molecular weight excluding hydrogens is 476 g/mol. The Morgan fingerprint density at radius 1 is 0.526 bits per heavy atom. The summed E-state index contributed by atoms with van der Waals surface area (Å²) in [5.41, 5.74) is 3.68. The molecule has 0 aromatic heterocycles. The van der Waals surface area contributed by atoms with Crippen LogP contribution in [0.4, 0.5) is 11.4 Å². The quantitative estimate of drug-likeness (QED) is 0.223. The molecule has 0 unspecified atom stereocenters. The van der Waals surface area contributed by atoms with Crippen LogP contribution in [-0.4, -0.2) is 25.0 Å². The molecule has 2 amide bonds. The third kappa shape index (κ3) is 9.13. The molecule has 4 aromatic rings. The van der Waals surface area contributed by atoms with Crippen LogP contribution in [0.1, 0.15) is 24.0 Å². The zero-order chi connectivity index (χ0) is 26.4. The fourth-order valence-electron chi connectivity index (χ4n) is 3.86. The van der Waals surface area contributed by atoms with Gasteiger partial charge in [0.2, 0.25) is 11.8 Å². The van der Waals surface area contributed by atoms with E-state index in [-0.39, 0.29) is 24.7 Å². The van der Waals surface area contributed by atoms with E-state index >= 15 is 0 Å². The highest BCUT2D eigenvalue weighted by atomic mass is 16.5. The van der Waals surface area contributed by atoms with Gasteiger partial charge in [-0.25, -0.2) is 0 Å². The minimum atomic E-state index is -0.236. The Hall–Kier alpha value is -4.58. The van der Waals surface area contributed by atoms with Crippen molar-refractivity contribution in [3.63, 3.8) is 0 Å². The number of carbonyl (C=O) groups is 2. The Kier molecular flexibility index (Phi) is 9.92. The SMILES string of the molecule is O=C(CCC(=O)Nc1cccc(OCCc2ccccc2)c1)Nc1cccc(OCCc2ccccc2)c1. The van der Waals surface area contributed by atoms with Gasteiger partial charge < -0.3 is 20.1 Å². The van der Waals surface area contributed by atoms with Crippen LogP contribution in [0.2, 0.25) is 0 Å². The number of anilines is 2. The summed E-state index contributed by atoms with van der Waals surface area (Å²) in [5.74, 6) is 0.892. The summed E-state index contributed by atoms with van der Waals surface area (Å²) in [5, 5.41) is 5.67. The van der Waals surface area contributed by atoms with Gasteiger partial charge in [-0.05, 0) is 35.4 Å². The summed E-state index contributed by atoms with van der Waals surface area (Å²) in [6, 6.07) is 34.8. The highest BCUT2D eigenvalue weighted by Crippen LogP contribution is 2.20. The predicted molar refractivity (Wildman–Crippen MR) is 151 cm³/mol. The molecule has 4 rings (SSSR count). The first kappa shape index (κ1) is 26.5. The van der Waals surface area contributed by atoms with Crippen LogP contribution in [0.15, 0.2) is 109 Å². The van der Waals surface area contributed by atoms with E-state index in [1.54, 1.807) is 24.3 Å². The van der Waals surface area contributed by atoms with Crippen molar-refractivity contribution in [1.29, 1.82) is 0 Å². The molecule has 0 heterocycles. The van der Waals surface area contributed by atoms with Gasteiger partial charge in [0, 0.05) is 49.2 Å². The van der Waals surface area contributed by atoms with Crippen LogP contribution in [0.5, 0.6) is 11.5 Å². The zero-order valence-corrected chi connectivity index (χ0v) is 21.3. The molecule has 2 N–H and O–H groups in total. The summed E-state index contributed by atoms with van der Waals surface area (Å²) < 4.78 is 11.7. The molecular formula is C32H32N2O4. The zero-order valence-electron chi connectivity index (χ0n) is 21.3. The van der Waals surface area contributed by atoms with Crippen LogP contribution < -0.4 is 20.1 Å². The Morgan fingerprint density at radius 3 is 1.37 bits per heavy atom. The first-order valence-corrected chi connectivity index (χ1v) is 12.8. The smallest absolute Gasteiger partial charge is 0.224 e. The second kappa shape index (κ2) is 14.2. The number of ether oxygens (including phenoxy) is 2. The largest absolute Gasteiger partial charge is 0.493 e. The van der Waals surface area contributed by atoms with Gasteiger partial charge in [0.15, 0.2) is 0 Å². The number of benzene rings is 4. The molecule has 0 aliphatic rings. The third-order valence-electron chi connectivity index (χ3n) is 5.82. The lowest BCUT2D eigenvalue weighted by Crippen LogP contribution is -2.17. The van der Waals surface area contributed by atoms with Crippen molar-refractivity contribution in [2.75, 3.05) is 23.8 Å². The van der Waals surface area contributed by atoms with Gasteiger partial charge in [-0.3, -0.25) is 9.59 Å². The first-order valence-electron chi connectivity index (χ1n) is 12.8. The average molecular weight is 509 g/mol. The van der Waals surface area contributed by atoms with Crippen molar-refractivity contribution in [2.45, 2.75) is 25.7 Å². The fraction of sp³-hybridized carbons (Fsp3) is 0.188. The van der Waals surface area contributed by atoms with Crippen molar-refractivity contribution in [2.24, 2.45) is 0 Å². The maximum atomic E-state index is 12.4. The Morgan fingerprint density at radius 2 is 0.947 bits per heavy atom. The van der Waals surface area contributed by atoms with E-state index in [0.717, 1.165) is 12.8 Å². The van der Waals surface area contributed by atoms with Crippen LogP contribution in [0.3, 0.4) is 0 Å². The van der Waals surface area contributed by atoms with Crippen LogP contribution in [0, 0.1) is 0 Å². The highest BCUT2D eigenvalue weighted by Gasteiger charge is 2.09. The van der Waals surface area contributed by atoms with Crippen molar-refractivity contribution in [3.05, 3.63) is 120 Å². The molecule has 0 aliphatic heterocycles. The van der Waals surface area contributed by atoms with E-state index < -0.39 is 0 Å². The fourth-order valence-corrected chi connectivity index (χ4v) is 3.86. The Labute approximate surface area is 223 Å². The summed E-state index contributed by atoms with van der Waals surface area (Å²) in [6.45, 7) is 1.09. The third-order valence-corrected chi connectivity index (χ3v) is 5.82. The number of nitrogens with one attached hydrogen (secondary N) is 2. The molecule has 38 heavy (non-hydrogen) atoms. The summed E-state index contributed by atoms with van der Waals surface area (Å²) >= 11 is 0. The van der Waals surface area contributed by atoms with Gasteiger partial charge in [0.1, 0.15) is 11.5 Å².